The number of hydrazine groups is 1. The van der Waals surface area contributed by atoms with Gasteiger partial charge in [-0.15, -0.1) is 10.1 Å². The first-order valence-corrected chi connectivity index (χ1v) is 9.70. The minimum absolute atomic E-state index is 0.342. The summed E-state index contributed by atoms with van der Waals surface area (Å²) >= 11 is 5.89. The van der Waals surface area contributed by atoms with Crippen molar-refractivity contribution in [3.63, 3.8) is 0 Å². The van der Waals surface area contributed by atoms with Crippen molar-refractivity contribution in [1.29, 1.82) is 0 Å². The van der Waals surface area contributed by atoms with E-state index in [0.717, 1.165) is 5.56 Å². The van der Waals surface area contributed by atoms with Gasteiger partial charge in [0, 0.05) is 21.7 Å². The van der Waals surface area contributed by atoms with Crippen LogP contribution in [0.25, 0.3) is 0 Å². The Labute approximate surface area is 177 Å². The number of hydrogen-bond donors (Lipinski definition) is 2. The summed E-state index contributed by atoms with van der Waals surface area (Å²) in [6.07, 6.45) is 1.71. The van der Waals surface area contributed by atoms with E-state index >= 15 is 0 Å². The highest BCUT2D eigenvalue weighted by Crippen LogP contribution is 2.25. The van der Waals surface area contributed by atoms with Gasteiger partial charge >= 0.3 is 5.91 Å². The van der Waals surface area contributed by atoms with Crippen molar-refractivity contribution in [2.75, 3.05) is 0 Å². The maximum atomic E-state index is 13.2. The first-order chi connectivity index (χ1) is 14.5. The van der Waals surface area contributed by atoms with Gasteiger partial charge in [-0.1, -0.05) is 41.9 Å². The van der Waals surface area contributed by atoms with Crippen molar-refractivity contribution in [1.82, 2.24) is 10.7 Å². The molecule has 1 saturated heterocycles. The Morgan fingerprint density at radius 2 is 1.67 bits per heavy atom. The second kappa shape index (κ2) is 8.47. The zero-order valence-electron chi connectivity index (χ0n) is 15.8. The number of carbonyl (C=O) groups is 2. The molecule has 150 valence electrons. The highest BCUT2D eigenvalue weighted by molar-refractivity contribution is 6.30. The summed E-state index contributed by atoms with van der Waals surface area (Å²) in [5.41, 5.74) is 4.75. The third kappa shape index (κ3) is 4.23. The number of hydrogen-bond acceptors (Lipinski definition) is 2. The lowest BCUT2D eigenvalue weighted by Crippen LogP contribution is -2.42. The summed E-state index contributed by atoms with van der Waals surface area (Å²) in [5.74, 6) is -1.06. The fourth-order valence-electron chi connectivity index (χ4n) is 3.37. The molecule has 2 atom stereocenters. The molecule has 1 aliphatic heterocycles. The lowest BCUT2D eigenvalue weighted by Gasteiger charge is -2.14. The minimum atomic E-state index is -0.827. The molecule has 1 aliphatic rings. The highest BCUT2D eigenvalue weighted by Gasteiger charge is 2.47. The second-order valence-electron chi connectivity index (χ2n) is 6.88. The fourth-order valence-corrected chi connectivity index (χ4v) is 3.49. The summed E-state index contributed by atoms with van der Waals surface area (Å²) in [6, 6.07) is 20.4. The monoisotopic (exact) mass is 422 g/mol. The number of rotatable bonds is 4. The van der Waals surface area contributed by atoms with E-state index in [1.807, 2.05) is 30.3 Å². The number of benzene rings is 3. The van der Waals surface area contributed by atoms with Crippen LogP contribution in [0.4, 0.5) is 4.39 Å². The van der Waals surface area contributed by atoms with Crippen molar-refractivity contribution in [3.8, 4) is 0 Å². The van der Waals surface area contributed by atoms with Crippen molar-refractivity contribution in [3.05, 3.63) is 106 Å². The molecule has 2 amide bonds. The first-order valence-electron chi connectivity index (χ1n) is 9.32. The second-order valence-corrected chi connectivity index (χ2v) is 7.31. The summed E-state index contributed by atoms with van der Waals surface area (Å²) < 4.78 is 14.9. The molecule has 3 aromatic carbocycles. The molecular weight excluding hydrogens is 405 g/mol. The van der Waals surface area contributed by atoms with Crippen LogP contribution < -0.4 is 10.7 Å². The van der Waals surface area contributed by atoms with Crippen LogP contribution in [0, 0.1) is 5.82 Å². The lowest BCUT2D eigenvalue weighted by molar-refractivity contribution is -0.596. The van der Waals surface area contributed by atoms with Gasteiger partial charge in [0.15, 0.2) is 6.04 Å². The number of hydrazone groups is 1. The SMILES string of the molecule is O=C(N[C@H]1C(=O)N/[N+](=C\c2ccc(F)cc2)[C@H]1c1ccccc1)c1ccc(Cl)cc1. The molecule has 0 radical (unpaired) electrons. The Hall–Kier alpha value is -3.51. The normalized spacial score (nSPS) is 19.5. The van der Waals surface area contributed by atoms with Gasteiger partial charge in [0.25, 0.3) is 5.91 Å². The minimum Gasteiger partial charge on any atom is -0.334 e. The molecule has 1 heterocycles. The third-order valence-electron chi connectivity index (χ3n) is 4.83. The molecule has 30 heavy (non-hydrogen) atoms. The van der Waals surface area contributed by atoms with Crippen molar-refractivity contribution in [2.45, 2.75) is 12.1 Å². The average molecular weight is 423 g/mol. The van der Waals surface area contributed by atoms with Gasteiger partial charge in [0.05, 0.1) is 0 Å². The van der Waals surface area contributed by atoms with Gasteiger partial charge in [-0.05, 0) is 48.5 Å². The zero-order chi connectivity index (χ0) is 21.1. The zero-order valence-corrected chi connectivity index (χ0v) is 16.5. The molecule has 0 saturated carbocycles. The molecule has 3 aromatic rings. The Bertz CT molecular complexity index is 1100. The van der Waals surface area contributed by atoms with Crippen LogP contribution in [0.3, 0.4) is 0 Å². The Morgan fingerprint density at radius 3 is 2.33 bits per heavy atom. The van der Waals surface area contributed by atoms with Crippen molar-refractivity contribution >= 4 is 29.6 Å². The van der Waals surface area contributed by atoms with E-state index < -0.39 is 12.1 Å². The Morgan fingerprint density at radius 1 is 1.00 bits per heavy atom. The Kier molecular flexibility index (Phi) is 5.59. The van der Waals surface area contributed by atoms with E-state index in [1.165, 1.54) is 12.1 Å². The van der Waals surface area contributed by atoms with E-state index in [-0.39, 0.29) is 17.6 Å². The van der Waals surface area contributed by atoms with Gasteiger partial charge in [-0.3, -0.25) is 9.59 Å². The topological polar surface area (TPSA) is 61.2 Å². The van der Waals surface area contributed by atoms with Gasteiger partial charge in [-0.2, -0.15) is 0 Å². The van der Waals surface area contributed by atoms with Crippen LogP contribution >= 0.6 is 11.6 Å². The number of nitrogens with one attached hydrogen (secondary N) is 2. The molecule has 7 heteroatoms. The molecule has 0 unspecified atom stereocenters. The fraction of sp³-hybridized carbons (Fsp3) is 0.0870. The first kappa shape index (κ1) is 19.8. The molecule has 0 aromatic heterocycles. The van der Waals surface area contributed by atoms with Crippen LogP contribution in [-0.2, 0) is 4.79 Å². The molecule has 0 aliphatic carbocycles. The molecule has 1 fully saturated rings. The van der Waals surface area contributed by atoms with E-state index in [1.54, 1.807) is 47.3 Å². The Balaban J connectivity index is 1.68. The van der Waals surface area contributed by atoms with Gasteiger partial charge < -0.3 is 5.32 Å². The predicted octanol–water partition coefficient (Wildman–Crippen LogP) is 3.50. The summed E-state index contributed by atoms with van der Waals surface area (Å²) in [4.78, 5) is 25.5. The smallest absolute Gasteiger partial charge is 0.304 e. The van der Waals surface area contributed by atoms with E-state index in [2.05, 4.69) is 10.7 Å². The van der Waals surface area contributed by atoms with Gasteiger partial charge in [0.1, 0.15) is 5.82 Å². The number of nitrogens with zero attached hydrogens (tertiary/aromatic N) is 1. The number of carbonyl (C=O) groups excluding carboxylic acids is 2. The standard InChI is InChI=1S/C23H17ClFN3O2/c24-18-10-8-17(9-11-18)22(29)26-20-21(16-4-2-1-3-5-16)28(27-23(20)30)14-15-6-12-19(25)13-7-15/h1-14,20-21H,(H-,26,27,29,30)/p+1/b28-14-/t20-,21+/m1/s1. The predicted molar refractivity (Wildman–Crippen MR) is 112 cm³/mol. The quantitative estimate of drug-likeness (QED) is 0.632. The largest absolute Gasteiger partial charge is 0.334 e. The molecular formula is C23H18ClFN3O2+. The van der Waals surface area contributed by atoms with E-state index in [4.69, 9.17) is 11.6 Å². The summed E-state index contributed by atoms with van der Waals surface area (Å²) in [7, 11) is 0. The van der Waals surface area contributed by atoms with Crippen LogP contribution in [0.15, 0.2) is 78.9 Å². The van der Waals surface area contributed by atoms with Crippen LogP contribution in [0.1, 0.15) is 27.5 Å². The summed E-state index contributed by atoms with van der Waals surface area (Å²) in [6.45, 7) is 0. The van der Waals surface area contributed by atoms with Crippen LogP contribution in [-0.4, -0.2) is 28.8 Å². The van der Waals surface area contributed by atoms with Gasteiger partial charge in [-0.25, -0.2) is 4.39 Å². The molecule has 2 N–H and O–H groups in total. The van der Waals surface area contributed by atoms with E-state index in [0.29, 0.717) is 16.1 Å². The molecule has 5 nitrogen and oxygen atoms in total. The van der Waals surface area contributed by atoms with Crippen LogP contribution in [0.2, 0.25) is 5.02 Å². The van der Waals surface area contributed by atoms with E-state index in [9.17, 15) is 14.0 Å². The maximum absolute atomic E-state index is 13.2. The van der Waals surface area contributed by atoms with Crippen molar-refractivity contribution in [2.24, 2.45) is 0 Å². The molecule has 4 rings (SSSR count). The lowest BCUT2D eigenvalue weighted by atomic mass is 10.00. The highest BCUT2D eigenvalue weighted by atomic mass is 35.5. The van der Waals surface area contributed by atoms with Crippen molar-refractivity contribution < 1.29 is 18.7 Å². The maximum Gasteiger partial charge on any atom is 0.304 e. The third-order valence-corrected chi connectivity index (χ3v) is 5.08. The molecule has 0 bridgehead atoms. The number of amides is 2. The number of halogens is 2. The average Bonchev–Trinajstić information content (AvgIpc) is 3.05. The molecule has 0 spiro atoms. The summed E-state index contributed by atoms with van der Waals surface area (Å²) in [5, 5.41) is 3.34. The van der Waals surface area contributed by atoms with Gasteiger partial charge in [0.2, 0.25) is 12.3 Å². The van der Waals surface area contributed by atoms with Crippen LogP contribution in [0.5, 0.6) is 0 Å².